The lowest BCUT2D eigenvalue weighted by Crippen LogP contribution is -1.85. The van der Waals surface area contributed by atoms with Crippen LogP contribution in [0.3, 0.4) is 0 Å². The molecule has 0 amide bonds. The molecule has 84 valence electrons. The lowest BCUT2D eigenvalue weighted by Gasteiger charge is -1.89. The Labute approximate surface area is 99.6 Å². The molecule has 0 saturated heterocycles. The number of hydrogen-bond acceptors (Lipinski definition) is 4. The minimum absolute atomic E-state index is 0.0382. The predicted molar refractivity (Wildman–Crippen MR) is 66.7 cm³/mol. The largest absolute Gasteiger partial charge is 0.270 e. The summed E-state index contributed by atoms with van der Waals surface area (Å²) in [4.78, 5) is 13.5. The van der Waals surface area contributed by atoms with Crippen LogP contribution in [0.2, 0.25) is 0 Å². The maximum absolute atomic E-state index is 10.6. The van der Waals surface area contributed by atoms with Gasteiger partial charge >= 0.3 is 0 Å². The normalized spacial score (nSPS) is 9.88. The summed E-state index contributed by atoms with van der Waals surface area (Å²) in [6.07, 6.45) is 0. The second kappa shape index (κ2) is 4.25. The molecule has 1 heterocycles. The minimum atomic E-state index is -0.445. The van der Waals surface area contributed by atoms with Gasteiger partial charge in [0.25, 0.3) is 5.69 Å². The van der Waals surface area contributed by atoms with Crippen molar-refractivity contribution in [3.63, 3.8) is 0 Å². The van der Waals surface area contributed by atoms with Crippen LogP contribution in [0.4, 0.5) is 5.69 Å². The molecule has 6 nitrogen and oxygen atoms in total. The van der Waals surface area contributed by atoms with Gasteiger partial charge in [0.2, 0.25) is 0 Å². The van der Waals surface area contributed by atoms with Crippen LogP contribution < -0.4 is 0 Å². The van der Waals surface area contributed by atoms with Gasteiger partial charge in [0, 0.05) is 32.3 Å². The van der Waals surface area contributed by atoms with Crippen molar-refractivity contribution in [1.82, 2.24) is 0 Å². The van der Waals surface area contributed by atoms with Gasteiger partial charge in [0.1, 0.15) is 0 Å². The Morgan fingerprint density at radius 2 is 2.29 bits per heavy atom. The topological polar surface area (TPSA) is 91.9 Å². The lowest BCUT2D eigenvalue weighted by atomic mass is 10.2. The quantitative estimate of drug-likeness (QED) is 0.268. The SMILES string of the molecule is C=C(N=[N+]=[N-])c1cc2cc([N+](=O)[O-])ccc2s1. The van der Waals surface area contributed by atoms with Crippen LogP contribution >= 0.6 is 11.3 Å². The zero-order valence-electron chi connectivity index (χ0n) is 8.53. The third-order valence-corrected chi connectivity index (χ3v) is 3.33. The molecule has 7 heteroatoms. The van der Waals surface area contributed by atoms with E-state index in [9.17, 15) is 10.1 Å². The molecule has 0 fully saturated rings. The summed E-state index contributed by atoms with van der Waals surface area (Å²) in [5, 5.41) is 14.8. The first kappa shape index (κ1) is 11.1. The molecular weight excluding hydrogens is 240 g/mol. The van der Waals surface area contributed by atoms with Gasteiger partial charge in [-0.05, 0) is 23.1 Å². The summed E-state index contributed by atoms with van der Waals surface area (Å²) in [7, 11) is 0. The van der Waals surface area contributed by atoms with Crippen molar-refractivity contribution in [2.75, 3.05) is 0 Å². The smallest absolute Gasteiger partial charge is 0.258 e. The number of fused-ring (bicyclic) bond motifs is 1. The van der Waals surface area contributed by atoms with E-state index in [4.69, 9.17) is 5.53 Å². The van der Waals surface area contributed by atoms with E-state index in [1.54, 1.807) is 12.1 Å². The Bertz CT molecular complexity index is 670. The van der Waals surface area contributed by atoms with Gasteiger partial charge in [-0.2, -0.15) is 0 Å². The van der Waals surface area contributed by atoms with E-state index in [-0.39, 0.29) is 5.69 Å². The van der Waals surface area contributed by atoms with Gasteiger partial charge in [-0.15, -0.1) is 11.3 Å². The Kier molecular flexibility index (Phi) is 2.78. The van der Waals surface area contributed by atoms with Gasteiger partial charge in [-0.25, -0.2) is 0 Å². The van der Waals surface area contributed by atoms with Crippen molar-refractivity contribution in [2.24, 2.45) is 5.11 Å². The molecule has 0 N–H and O–H groups in total. The third kappa shape index (κ3) is 2.10. The highest BCUT2D eigenvalue weighted by molar-refractivity contribution is 7.20. The lowest BCUT2D eigenvalue weighted by molar-refractivity contribution is -0.384. The Balaban J connectivity index is 2.54. The second-order valence-electron chi connectivity index (χ2n) is 3.23. The number of azide groups is 1. The van der Waals surface area contributed by atoms with Crippen LogP contribution in [0.5, 0.6) is 0 Å². The number of hydrogen-bond donors (Lipinski definition) is 0. The van der Waals surface area contributed by atoms with Crippen LogP contribution in [-0.4, -0.2) is 4.92 Å². The van der Waals surface area contributed by atoms with Gasteiger partial charge in [-0.1, -0.05) is 11.7 Å². The van der Waals surface area contributed by atoms with Gasteiger partial charge in [0.05, 0.1) is 4.92 Å². The second-order valence-corrected chi connectivity index (χ2v) is 4.31. The number of nitro benzene ring substituents is 1. The summed E-state index contributed by atoms with van der Waals surface area (Å²) in [6, 6.07) is 6.33. The summed E-state index contributed by atoms with van der Waals surface area (Å²) in [5.41, 5.74) is 8.66. The molecule has 0 aliphatic heterocycles. The van der Waals surface area contributed by atoms with Crippen molar-refractivity contribution in [3.8, 4) is 0 Å². The van der Waals surface area contributed by atoms with E-state index < -0.39 is 4.92 Å². The first-order chi connectivity index (χ1) is 8.11. The molecule has 17 heavy (non-hydrogen) atoms. The van der Waals surface area contributed by atoms with Crippen LogP contribution in [0, 0.1) is 10.1 Å². The Hall–Kier alpha value is -2.37. The number of nitrogens with zero attached hydrogens (tertiary/aromatic N) is 4. The van der Waals surface area contributed by atoms with Crippen molar-refractivity contribution in [1.29, 1.82) is 0 Å². The average Bonchev–Trinajstić information content (AvgIpc) is 2.71. The minimum Gasteiger partial charge on any atom is -0.258 e. The molecule has 0 unspecified atom stereocenters. The van der Waals surface area contributed by atoms with Crippen LogP contribution in [0.1, 0.15) is 4.88 Å². The molecule has 0 bridgehead atoms. The van der Waals surface area contributed by atoms with E-state index in [2.05, 4.69) is 16.6 Å². The standard InChI is InChI=1S/C10H6N4O2S/c1-6(12-13-11)10-5-7-4-8(14(15)16)2-3-9(7)17-10/h2-5H,1H2. The first-order valence-electron chi connectivity index (χ1n) is 4.54. The number of thiophene rings is 1. The molecular formula is C10H6N4O2S. The number of nitro groups is 1. The summed E-state index contributed by atoms with van der Waals surface area (Å²) < 4.78 is 0.889. The maximum atomic E-state index is 10.6. The molecule has 0 atom stereocenters. The van der Waals surface area contributed by atoms with Gasteiger partial charge in [0.15, 0.2) is 0 Å². The van der Waals surface area contributed by atoms with E-state index >= 15 is 0 Å². The van der Waals surface area contributed by atoms with Crippen LogP contribution in [0.25, 0.3) is 26.2 Å². The zero-order chi connectivity index (χ0) is 12.4. The van der Waals surface area contributed by atoms with E-state index in [0.29, 0.717) is 10.6 Å². The number of rotatable bonds is 3. The highest BCUT2D eigenvalue weighted by Gasteiger charge is 2.09. The highest BCUT2D eigenvalue weighted by atomic mass is 32.1. The van der Waals surface area contributed by atoms with Crippen molar-refractivity contribution in [3.05, 3.63) is 56.3 Å². The number of non-ortho nitro benzene ring substituents is 1. The van der Waals surface area contributed by atoms with Crippen molar-refractivity contribution in [2.45, 2.75) is 0 Å². The Morgan fingerprint density at radius 1 is 1.53 bits per heavy atom. The van der Waals surface area contributed by atoms with Gasteiger partial charge in [-0.3, -0.25) is 10.1 Å². The molecule has 0 radical (unpaired) electrons. The molecule has 0 saturated carbocycles. The molecule has 1 aromatic carbocycles. The van der Waals surface area contributed by atoms with Crippen LogP contribution in [0.15, 0.2) is 36.0 Å². The third-order valence-electron chi connectivity index (χ3n) is 2.16. The first-order valence-corrected chi connectivity index (χ1v) is 5.36. The molecule has 0 aliphatic carbocycles. The van der Waals surface area contributed by atoms with Crippen LogP contribution in [-0.2, 0) is 0 Å². The highest BCUT2D eigenvalue weighted by Crippen LogP contribution is 2.32. The molecule has 2 rings (SSSR count). The predicted octanol–water partition coefficient (Wildman–Crippen LogP) is 4.09. The molecule has 0 spiro atoms. The van der Waals surface area contributed by atoms with Gasteiger partial charge < -0.3 is 0 Å². The van der Waals surface area contributed by atoms with Crippen molar-refractivity contribution >= 4 is 32.8 Å². The van der Waals surface area contributed by atoms with Crippen molar-refractivity contribution < 1.29 is 4.92 Å². The fraction of sp³-hybridized carbons (Fsp3) is 0. The average molecular weight is 246 g/mol. The monoisotopic (exact) mass is 246 g/mol. The zero-order valence-corrected chi connectivity index (χ0v) is 9.35. The van der Waals surface area contributed by atoms with E-state index in [1.165, 1.54) is 23.5 Å². The van der Waals surface area contributed by atoms with E-state index in [0.717, 1.165) is 10.1 Å². The molecule has 0 aliphatic rings. The molecule has 1 aromatic heterocycles. The molecule has 2 aromatic rings. The summed E-state index contributed by atoms with van der Waals surface area (Å²) >= 11 is 1.38. The Morgan fingerprint density at radius 3 is 2.94 bits per heavy atom. The summed E-state index contributed by atoms with van der Waals surface area (Å²) in [5.74, 6) is 0. The summed E-state index contributed by atoms with van der Waals surface area (Å²) in [6.45, 7) is 3.62. The fourth-order valence-corrected chi connectivity index (χ4v) is 2.34. The van der Waals surface area contributed by atoms with E-state index in [1.807, 2.05) is 0 Å². The number of benzene rings is 1. The maximum Gasteiger partial charge on any atom is 0.270 e. The fourth-order valence-electron chi connectivity index (χ4n) is 1.39.